The summed E-state index contributed by atoms with van der Waals surface area (Å²) in [4.78, 5) is 39.8. The molecular weight excluding hydrogens is 332 g/mol. The molecule has 1 aromatic carbocycles. The first-order valence-corrected chi connectivity index (χ1v) is 9.11. The molecule has 0 radical (unpaired) electrons. The highest BCUT2D eigenvalue weighted by atomic mass is 16.2. The van der Waals surface area contributed by atoms with Gasteiger partial charge in [-0.2, -0.15) is 0 Å². The van der Waals surface area contributed by atoms with E-state index in [-0.39, 0.29) is 18.5 Å². The SMILES string of the molecule is Cc1cc(C)cc(NC(=O)CN2CCN(C(=O)C(=O)NC3CC3)CC2)c1. The summed E-state index contributed by atoms with van der Waals surface area (Å²) >= 11 is 0. The van der Waals surface area contributed by atoms with E-state index in [1.54, 1.807) is 4.90 Å². The molecule has 0 aromatic heterocycles. The standard InChI is InChI=1S/C19H26N4O3/c1-13-9-14(2)11-16(10-13)20-17(24)12-22-5-7-23(8-6-22)19(26)18(25)21-15-3-4-15/h9-11,15H,3-8,12H2,1-2H3,(H,20,24)(H,21,25). The molecule has 1 aromatic rings. The lowest BCUT2D eigenvalue weighted by Crippen LogP contribution is -2.53. The van der Waals surface area contributed by atoms with Crippen LogP contribution in [0.25, 0.3) is 0 Å². The van der Waals surface area contributed by atoms with E-state index in [4.69, 9.17) is 0 Å². The lowest BCUT2D eigenvalue weighted by molar-refractivity contribution is -0.147. The summed E-state index contributed by atoms with van der Waals surface area (Å²) in [6.45, 7) is 6.38. The molecule has 7 heteroatoms. The van der Waals surface area contributed by atoms with Gasteiger partial charge in [0, 0.05) is 37.9 Å². The van der Waals surface area contributed by atoms with Gasteiger partial charge in [0.05, 0.1) is 6.54 Å². The molecular formula is C19H26N4O3. The molecule has 140 valence electrons. The van der Waals surface area contributed by atoms with Crippen molar-refractivity contribution in [3.8, 4) is 0 Å². The molecule has 0 atom stereocenters. The molecule has 26 heavy (non-hydrogen) atoms. The van der Waals surface area contributed by atoms with E-state index in [2.05, 4.69) is 16.7 Å². The zero-order valence-corrected chi connectivity index (χ0v) is 15.4. The van der Waals surface area contributed by atoms with Gasteiger partial charge in [-0.1, -0.05) is 6.07 Å². The van der Waals surface area contributed by atoms with Crippen LogP contribution >= 0.6 is 0 Å². The van der Waals surface area contributed by atoms with Crippen LogP contribution in [0.1, 0.15) is 24.0 Å². The Balaban J connectivity index is 1.43. The van der Waals surface area contributed by atoms with Crippen LogP contribution in [-0.4, -0.2) is 66.3 Å². The van der Waals surface area contributed by atoms with E-state index in [0.29, 0.717) is 26.2 Å². The van der Waals surface area contributed by atoms with Gasteiger partial charge in [-0.25, -0.2) is 0 Å². The first-order valence-electron chi connectivity index (χ1n) is 9.11. The third-order valence-electron chi connectivity index (χ3n) is 4.64. The maximum Gasteiger partial charge on any atom is 0.311 e. The van der Waals surface area contributed by atoms with Gasteiger partial charge in [-0.3, -0.25) is 19.3 Å². The van der Waals surface area contributed by atoms with E-state index in [1.165, 1.54) is 0 Å². The number of anilines is 1. The number of hydrogen-bond donors (Lipinski definition) is 2. The number of rotatable bonds is 4. The van der Waals surface area contributed by atoms with Crippen molar-refractivity contribution in [2.24, 2.45) is 0 Å². The van der Waals surface area contributed by atoms with Crippen molar-refractivity contribution in [3.63, 3.8) is 0 Å². The second-order valence-corrected chi connectivity index (χ2v) is 7.24. The highest BCUT2D eigenvalue weighted by Crippen LogP contribution is 2.18. The summed E-state index contributed by atoms with van der Waals surface area (Å²) in [5, 5.41) is 5.65. The molecule has 3 amide bonds. The summed E-state index contributed by atoms with van der Waals surface area (Å²) in [5.41, 5.74) is 3.02. The van der Waals surface area contributed by atoms with Crippen molar-refractivity contribution in [2.75, 3.05) is 38.0 Å². The molecule has 2 aliphatic rings. The fraction of sp³-hybridized carbons (Fsp3) is 0.526. The summed E-state index contributed by atoms with van der Waals surface area (Å²) < 4.78 is 0. The van der Waals surface area contributed by atoms with E-state index in [1.807, 2.05) is 30.9 Å². The van der Waals surface area contributed by atoms with Crippen LogP contribution < -0.4 is 10.6 Å². The molecule has 0 spiro atoms. The third kappa shape index (κ3) is 5.05. The van der Waals surface area contributed by atoms with Crippen LogP contribution in [0.15, 0.2) is 18.2 Å². The van der Waals surface area contributed by atoms with Crippen LogP contribution in [0.5, 0.6) is 0 Å². The van der Waals surface area contributed by atoms with Gasteiger partial charge >= 0.3 is 11.8 Å². The average Bonchev–Trinajstić information content (AvgIpc) is 3.37. The van der Waals surface area contributed by atoms with Crippen LogP contribution in [0.4, 0.5) is 5.69 Å². The van der Waals surface area contributed by atoms with Gasteiger partial charge in [0.1, 0.15) is 0 Å². The zero-order chi connectivity index (χ0) is 18.7. The monoisotopic (exact) mass is 358 g/mol. The topological polar surface area (TPSA) is 81.8 Å². The molecule has 7 nitrogen and oxygen atoms in total. The lowest BCUT2D eigenvalue weighted by Gasteiger charge is -2.33. The lowest BCUT2D eigenvalue weighted by atomic mass is 10.1. The molecule has 1 aliphatic carbocycles. The minimum absolute atomic E-state index is 0.0683. The molecule has 0 bridgehead atoms. The maximum absolute atomic E-state index is 12.3. The quantitative estimate of drug-likeness (QED) is 0.775. The van der Waals surface area contributed by atoms with Gasteiger partial charge in [0.25, 0.3) is 0 Å². The van der Waals surface area contributed by atoms with Crippen molar-refractivity contribution < 1.29 is 14.4 Å². The van der Waals surface area contributed by atoms with Gasteiger partial charge in [0.2, 0.25) is 5.91 Å². The smallest absolute Gasteiger partial charge is 0.311 e. The number of piperazine rings is 1. The fourth-order valence-electron chi connectivity index (χ4n) is 3.18. The summed E-state index contributed by atoms with van der Waals surface area (Å²) in [5.74, 6) is -1.04. The first kappa shape index (κ1) is 18.4. The highest BCUT2D eigenvalue weighted by molar-refractivity contribution is 6.35. The minimum Gasteiger partial charge on any atom is -0.345 e. The van der Waals surface area contributed by atoms with Crippen molar-refractivity contribution >= 4 is 23.4 Å². The Morgan fingerprint density at radius 2 is 1.62 bits per heavy atom. The average molecular weight is 358 g/mol. The number of nitrogens with one attached hydrogen (secondary N) is 2. The molecule has 2 fully saturated rings. The molecule has 1 heterocycles. The Morgan fingerprint density at radius 3 is 2.19 bits per heavy atom. The largest absolute Gasteiger partial charge is 0.345 e. The van der Waals surface area contributed by atoms with E-state index < -0.39 is 11.8 Å². The first-order chi connectivity index (χ1) is 12.4. The predicted molar refractivity (Wildman–Crippen MR) is 98.7 cm³/mol. The second-order valence-electron chi connectivity index (χ2n) is 7.24. The van der Waals surface area contributed by atoms with Crippen molar-refractivity contribution in [1.29, 1.82) is 0 Å². The Kier molecular flexibility index (Phi) is 5.56. The summed E-state index contributed by atoms with van der Waals surface area (Å²) in [7, 11) is 0. The van der Waals surface area contributed by atoms with Crippen molar-refractivity contribution in [1.82, 2.24) is 15.1 Å². The van der Waals surface area contributed by atoms with E-state index >= 15 is 0 Å². The van der Waals surface area contributed by atoms with Gasteiger partial charge in [-0.05, 0) is 49.9 Å². The molecule has 1 aliphatic heterocycles. The molecule has 3 rings (SSSR count). The van der Waals surface area contributed by atoms with Gasteiger partial charge in [-0.15, -0.1) is 0 Å². The molecule has 0 unspecified atom stereocenters. The Hall–Kier alpha value is -2.41. The third-order valence-corrected chi connectivity index (χ3v) is 4.64. The number of hydrogen-bond acceptors (Lipinski definition) is 4. The summed E-state index contributed by atoms with van der Waals surface area (Å²) in [6, 6.07) is 6.13. The summed E-state index contributed by atoms with van der Waals surface area (Å²) in [6.07, 6.45) is 1.92. The Morgan fingerprint density at radius 1 is 1.00 bits per heavy atom. The minimum atomic E-state index is -0.506. The molecule has 1 saturated heterocycles. The maximum atomic E-state index is 12.3. The van der Waals surface area contributed by atoms with Gasteiger partial charge in [0.15, 0.2) is 0 Å². The van der Waals surface area contributed by atoms with Crippen LogP contribution in [0.3, 0.4) is 0 Å². The van der Waals surface area contributed by atoms with Crippen LogP contribution in [0, 0.1) is 13.8 Å². The number of nitrogens with zero attached hydrogens (tertiary/aromatic N) is 2. The predicted octanol–water partition coefficient (Wildman–Crippen LogP) is 0.665. The molecule has 1 saturated carbocycles. The van der Waals surface area contributed by atoms with E-state index in [9.17, 15) is 14.4 Å². The number of carbonyl (C=O) groups excluding carboxylic acids is 3. The number of carbonyl (C=O) groups is 3. The Labute approximate surface area is 153 Å². The van der Waals surface area contributed by atoms with E-state index in [0.717, 1.165) is 29.7 Å². The van der Waals surface area contributed by atoms with Crippen molar-refractivity contribution in [3.05, 3.63) is 29.3 Å². The van der Waals surface area contributed by atoms with Crippen LogP contribution in [-0.2, 0) is 14.4 Å². The fourth-order valence-corrected chi connectivity index (χ4v) is 3.18. The number of benzene rings is 1. The zero-order valence-electron chi connectivity index (χ0n) is 15.4. The van der Waals surface area contributed by atoms with Crippen LogP contribution in [0.2, 0.25) is 0 Å². The molecule has 2 N–H and O–H groups in total. The normalized spacial score (nSPS) is 17.7. The van der Waals surface area contributed by atoms with Gasteiger partial charge < -0.3 is 15.5 Å². The van der Waals surface area contributed by atoms with Crippen molar-refractivity contribution in [2.45, 2.75) is 32.7 Å². The number of aryl methyl sites for hydroxylation is 2. The second kappa shape index (κ2) is 7.86. The number of amides is 3. The Bertz CT molecular complexity index is 686. The highest BCUT2D eigenvalue weighted by Gasteiger charge is 2.30.